The third-order valence-electron chi connectivity index (χ3n) is 11.5. The van der Waals surface area contributed by atoms with Gasteiger partial charge in [-0.15, -0.1) is 0 Å². The summed E-state index contributed by atoms with van der Waals surface area (Å²) in [6, 6.07) is 21.6. The standard InChI is InChI=1S/C45H52N8O5S/c1-53-38(24-31-26-49-35-11-3-2-9-33(31)35)41(55)51-27-34-32(28-15-17-29(18-16-28)44(57)58)10-4-14-39(34)59-42-30(8-7-23-48-42)25-50-36(13-6-22-46)40(54)52-37(43(53)56)12-5-19-45(47)20-21-45/h2-4,7-11,14-18,23,26,36-38,49-50H,5-6,12-13,19-22,24-25,27,46-47H2,1H3,(H,51,55)(H,52,54)(H,57,58)/t36-,37-,38-/m0/s1. The number of nitrogens with two attached hydrogens (primary N) is 2. The normalized spacial score (nSPS) is 19.9. The summed E-state index contributed by atoms with van der Waals surface area (Å²) < 4.78 is 0. The van der Waals surface area contributed by atoms with Crippen LogP contribution in [0, 0.1) is 0 Å². The van der Waals surface area contributed by atoms with E-state index in [0.29, 0.717) is 43.8 Å². The molecule has 0 bridgehead atoms. The van der Waals surface area contributed by atoms with Crippen LogP contribution in [-0.2, 0) is 33.9 Å². The van der Waals surface area contributed by atoms with E-state index in [4.69, 9.17) is 16.5 Å². The third-order valence-corrected chi connectivity index (χ3v) is 12.7. The van der Waals surface area contributed by atoms with Crippen LogP contribution in [0.4, 0.5) is 0 Å². The lowest BCUT2D eigenvalue weighted by Crippen LogP contribution is -2.57. The molecule has 59 heavy (non-hydrogen) atoms. The Labute approximate surface area is 348 Å². The highest BCUT2D eigenvalue weighted by Gasteiger charge is 2.39. The van der Waals surface area contributed by atoms with Gasteiger partial charge in [-0.05, 0) is 110 Å². The largest absolute Gasteiger partial charge is 0.478 e. The molecule has 3 amide bonds. The van der Waals surface area contributed by atoms with Gasteiger partial charge in [-0.3, -0.25) is 14.4 Å². The Balaban J connectivity index is 1.31. The minimum absolute atomic E-state index is 0.102. The molecule has 9 N–H and O–H groups in total. The number of para-hydroxylation sites is 1. The van der Waals surface area contributed by atoms with Crippen molar-refractivity contribution in [3.63, 3.8) is 0 Å². The van der Waals surface area contributed by atoms with Gasteiger partial charge in [-0.1, -0.05) is 60.3 Å². The number of likely N-dealkylation sites (N-methyl/N-ethyl adjacent to an activating group) is 1. The molecular weight excluding hydrogens is 765 g/mol. The second kappa shape index (κ2) is 18.6. The van der Waals surface area contributed by atoms with Crippen molar-refractivity contribution in [2.45, 2.75) is 98.0 Å². The van der Waals surface area contributed by atoms with Gasteiger partial charge in [0.2, 0.25) is 17.7 Å². The number of hydrogen-bond acceptors (Lipinski definition) is 9. The summed E-state index contributed by atoms with van der Waals surface area (Å²) in [6.07, 6.45) is 8.43. The number of carbonyl (C=O) groups excluding carboxylic acids is 3. The Morgan fingerprint density at radius 3 is 2.47 bits per heavy atom. The number of benzene rings is 3. The number of rotatable bonds is 11. The predicted molar refractivity (Wildman–Crippen MR) is 228 cm³/mol. The predicted octanol–water partition coefficient (Wildman–Crippen LogP) is 5.12. The fourth-order valence-corrected chi connectivity index (χ4v) is 8.79. The van der Waals surface area contributed by atoms with E-state index in [1.165, 1.54) is 16.7 Å². The highest BCUT2D eigenvalue weighted by molar-refractivity contribution is 7.99. The molecule has 0 radical (unpaired) electrons. The van der Waals surface area contributed by atoms with Crippen molar-refractivity contribution >= 4 is 46.4 Å². The van der Waals surface area contributed by atoms with Gasteiger partial charge in [0.25, 0.3) is 0 Å². The van der Waals surface area contributed by atoms with Crippen LogP contribution < -0.4 is 27.4 Å². The highest BCUT2D eigenvalue weighted by Crippen LogP contribution is 2.38. The second-order valence-corrected chi connectivity index (χ2v) is 16.7. The number of fused-ring (bicyclic) bond motifs is 3. The van der Waals surface area contributed by atoms with Crippen molar-refractivity contribution in [2.75, 3.05) is 13.6 Å². The molecule has 2 aromatic heterocycles. The minimum atomic E-state index is -1.02. The first-order chi connectivity index (χ1) is 28.5. The molecule has 2 aliphatic rings. The zero-order valence-corrected chi connectivity index (χ0v) is 34.0. The zero-order valence-electron chi connectivity index (χ0n) is 33.2. The van der Waals surface area contributed by atoms with Gasteiger partial charge in [0.1, 0.15) is 17.1 Å². The maximum atomic E-state index is 14.8. The number of amides is 3. The summed E-state index contributed by atoms with van der Waals surface area (Å²) in [5, 5.41) is 21.0. The Kier molecular flexibility index (Phi) is 13.1. The van der Waals surface area contributed by atoms with Crippen LogP contribution in [0.2, 0.25) is 0 Å². The average Bonchev–Trinajstić information content (AvgIpc) is 3.84. The number of aromatic nitrogens is 2. The van der Waals surface area contributed by atoms with Crippen LogP contribution in [0.5, 0.6) is 0 Å². The van der Waals surface area contributed by atoms with Crippen LogP contribution in [0.25, 0.3) is 22.0 Å². The molecule has 1 aliphatic heterocycles. The SMILES string of the molecule is CN1C(=O)[C@H](CCCC2(N)CC2)NC(=O)[C@H](CCCN)NCc2cccnc2Sc2cccc(-c3ccc(C(=O)O)cc3)c2CNC(=O)[C@@H]1Cc1c[nH]c2ccccc12. The number of aromatic carboxylic acids is 1. The monoisotopic (exact) mass is 816 g/mol. The smallest absolute Gasteiger partial charge is 0.335 e. The maximum absolute atomic E-state index is 14.8. The second-order valence-electron chi connectivity index (χ2n) is 15.7. The van der Waals surface area contributed by atoms with E-state index in [0.717, 1.165) is 62.9 Å². The van der Waals surface area contributed by atoms with E-state index in [9.17, 15) is 24.3 Å². The molecule has 5 aromatic rings. The van der Waals surface area contributed by atoms with Gasteiger partial charge in [0.05, 0.1) is 11.6 Å². The first kappa shape index (κ1) is 41.6. The van der Waals surface area contributed by atoms with Gasteiger partial charge in [0, 0.05) is 60.3 Å². The van der Waals surface area contributed by atoms with Crippen LogP contribution in [0.1, 0.15) is 72.0 Å². The topological polar surface area (TPSA) is 209 Å². The molecular formula is C45H52N8O5S. The molecule has 0 unspecified atom stereocenters. The minimum Gasteiger partial charge on any atom is -0.478 e. The highest BCUT2D eigenvalue weighted by atomic mass is 32.2. The molecule has 0 spiro atoms. The molecule has 1 fully saturated rings. The fraction of sp³-hybridized carbons (Fsp3) is 0.356. The van der Waals surface area contributed by atoms with Gasteiger partial charge >= 0.3 is 5.97 Å². The van der Waals surface area contributed by atoms with Gasteiger partial charge in [0.15, 0.2) is 0 Å². The van der Waals surface area contributed by atoms with Crippen molar-refractivity contribution < 1.29 is 24.3 Å². The van der Waals surface area contributed by atoms with E-state index >= 15 is 0 Å². The molecule has 3 heterocycles. The Hall–Kier alpha value is -5.54. The summed E-state index contributed by atoms with van der Waals surface area (Å²) >= 11 is 1.45. The van der Waals surface area contributed by atoms with E-state index in [-0.39, 0.29) is 41.8 Å². The number of hydrogen-bond donors (Lipinski definition) is 7. The molecule has 13 nitrogen and oxygen atoms in total. The fourth-order valence-electron chi connectivity index (χ4n) is 7.75. The number of nitrogens with zero attached hydrogens (tertiary/aromatic N) is 2. The molecule has 14 heteroatoms. The number of nitrogens with one attached hydrogen (secondary N) is 4. The Morgan fingerprint density at radius 2 is 1.71 bits per heavy atom. The molecule has 3 atom stereocenters. The summed E-state index contributed by atoms with van der Waals surface area (Å²) in [6.45, 7) is 0.818. The molecule has 1 saturated carbocycles. The van der Waals surface area contributed by atoms with E-state index in [2.05, 4.69) is 20.9 Å². The molecule has 308 valence electrons. The van der Waals surface area contributed by atoms with Crippen molar-refractivity contribution in [3.05, 3.63) is 114 Å². The van der Waals surface area contributed by atoms with Crippen molar-refractivity contribution in [2.24, 2.45) is 11.5 Å². The Bertz CT molecular complexity index is 2310. The number of aromatic amines is 1. The van der Waals surface area contributed by atoms with E-state index in [1.54, 1.807) is 37.5 Å². The average molecular weight is 817 g/mol. The number of carboxylic acids is 1. The quantitative estimate of drug-likeness (QED) is 0.0936. The molecule has 3 aromatic carbocycles. The molecule has 7 rings (SSSR count). The summed E-state index contributed by atoms with van der Waals surface area (Å²) in [5.41, 5.74) is 17.3. The van der Waals surface area contributed by atoms with Crippen LogP contribution in [0.3, 0.4) is 0 Å². The van der Waals surface area contributed by atoms with Crippen LogP contribution in [0.15, 0.2) is 101 Å². The molecule has 1 aliphatic carbocycles. The third kappa shape index (κ3) is 10.0. The first-order valence-electron chi connectivity index (χ1n) is 20.2. The van der Waals surface area contributed by atoms with Crippen molar-refractivity contribution in [1.82, 2.24) is 30.8 Å². The van der Waals surface area contributed by atoms with Crippen molar-refractivity contribution in [1.29, 1.82) is 0 Å². The lowest BCUT2D eigenvalue weighted by molar-refractivity contribution is -0.142. The summed E-state index contributed by atoms with van der Waals surface area (Å²) in [5.74, 6) is -2.08. The lowest BCUT2D eigenvalue weighted by atomic mass is 9.97. The van der Waals surface area contributed by atoms with E-state index in [1.807, 2.05) is 60.8 Å². The van der Waals surface area contributed by atoms with Crippen LogP contribution >= 0.6 is 11.8 Å². The zero-order chi connectivity index (χ0) is 41.5. The van der Waals surface area contributed by atoms with Crippen LogP contribution in [-0.4, -0.2) is 80.9 Å². The number of pyridine rings is 1. The Morgan fingerprint density at radius 1 is 0.932 bits per heavy atom. The number of carbonyl (C=O) groups is 4. The lowest BCUT2D eigenvalue weighted by Gasteiger charge is -2.32. The molecule has 0 saturated heterocycles. The number of H-pyrrole nitrogens is 1. The first-order valence-corrected chi connectivity index (χ1v) is 21.0. The van der Waals surface area contributed by atoms with E-state index < -0.39 is 24.1 Å². The summed E-state index contributed by atoms with van der Waals surface area (Å²) in [4.78, 5) is 65.8. The number of carboxylic acid groups (broad SMARTS) is 1. The van der Waals surface area contributed by atoms with Gasteiger partial charge < -0.3 is 42.4 Å². The summed E-state index contributed by atoms with van der Waals surface area (Å²) in [7, 11) is 1.63. The van der Waals surface area contributed by atoms with Crippen molar-refractivity contribution in [3.8, 4) is 11.1 Å². The van der Waals surface area contributed by atoms with Gasteiger partial charge in [-0.2, -0.15) is 0 Å². The van der Waals surface area contributed by atoms with Gasteiger partial charge in [-0.25, -0.2) is 9.78 Å². The maximum Gasteiger partial charge on any atom is 0.335 e.